The lowest BCUT2D eigenvalue weighted by Crippen LogP contribution is -2.38. The zero-order valence-electron chi connectivity index (χ0n) is 11.6. The molecular formula is C13H18F3N3O2. The van der Waals surface area contributed by atoms with Crippen molar-refractivity contribution in [1.29, 1.82) is 0 Å². The standard InChI is InChI=1S/C13H18F3N3O2/c14-13(15,16)12-18-17-11(21-12)9-3-5-19(6-4-9)8-10-2-1-7-20-10/h9-10H,1-8H2. The van der Waals surface area contributed by atoms with E-state index < -0.39 is 12.1 Å². The van der Waals surface area contributed by atoms with Gasteiger partial charge in [0.15, 0.2) is 0 Å². The van der Waals surface area contributed by atoms with Crippen molar-refractivity contribution in [2.75, 3.05) is 26.2 Å². The molecule has 0 saturated carbocycles. The van der Waals surface area contributed by atoms with Gasteiger partial charge in [0.25, 0.3) is 0 Å². The molecule has 8 heteroatoms. The number of piperidine rings is 1. The smallest absolute Gasteiger partial charge is 0.417 e. The Kier molecular flexibility index (Phi) is 4.17. The van der Waals surface area contributed by atoms with Crippen LogP contribution in [0.2, 0.25) is 0 Å². The van der Waals surface area contributed by atoms with Crippen LogP contribution in [-0.2, 0) is 10.9 Å². The van der Waals surface area contributed by atoms with E-state index in [-0.39, 0.29) is 11.8 Å². The minimum atomic E-state index is -4.56. The number of likely N-dealkylation sites (tertiary alicyclic amines) is 1. The molecule has 2 fully saturated rings. The van der Waals surface area contributed by atoms with E-state index in [0.29, 0.717) is 6.10 Å². The summed E-state index contributed by atoms with van der Waals surface area (Å²) in [6, 6.07) is 0. The second kappa shape index (κ2) is 5.92. The van der Waals surface area contributed by atoms with Gasteiger partial charge in [0.05, 0.1) is 6.10 Å². The number of ether oxygens (including phenoxy) is 1. The van der Waals surface area contributed by atoms with Crippen LogP contribution in [0.1, 0.15) is 43.4 Å². The molecule has 2 saturated heterocycles. The largest absolute Gasteiger partial charge is 0.470 e. The summed E-state index contributed by atoms with van der Waals surface area (Å²) in [6.45, 7) is 3.40. The summed E-state index contributed by atoms with van der Waals surface area (Å²) in [5, 5.41) is 6.64. The lowest BCUT2D eigenvalue weighted by Gasteiger charge is -2.31. The Morgan fingerprint density at radius 2 is 1.90 bits per heavy atom. The van der Waals surface area contributed by atoms with Gasteiger partial charge in [-0.15, -0.1) is 10.2 Å². The first-order valence-corrected chi connectivity index (χ1v) is 7.27. The zero-order chi connectivity index (χ0) is 14.9. The molecule has 1 aromatic rings. The van der Waals surface area contributed by atoms with E-state index in [9.17, 15) is 13.2 Å². The maximum atomic E-state index is 12.4. The lowest BCUT2D eigenvalue weighted by molar-refractivity contribution is -0.157. The minimum absolute atomic E-state index is 0.0747. The summed E-state index contributed by atoms with van der Waals surface area (Å²) in [7, 11) is 0. The second-order valence-electron chi connectivity index (χ2n) is 5.65. The van der Waals surface area contributed by atoms with Gasteiger partial charge in [-0.1, -0.05) is 0 Å². The summed E-state index contributed by atoms with van der Waals surface area (Å²) >= 11 is 0. The Hall–Kier alpha value is -1.15. The molecular weight excluding hydrogens is 287 g/mol. The Bertz CT molecular complexity index is 463. The first-order chi connectivity index (χ1) is 10.0. The van der Waals surface area contributed by atoms with Gasteiger partial charge in [0.1, 0.15) is 0 Å². The highest BCUT2D eigenvalue weighted by atomic mass is 19.4. The number of nitrogens with zero attached hydrogens (tertiary/aromatic N) is 3. The van der Waals surface area contributed by atoms with Crippen molar-refractivity contribution >= 4 is 0 Å². The van der Waals surface area contributed by atoms with Gasteiger partial charge < -0.3 is 14.1 Å². The fraction of sp³-hybridized carbons (Fsp3) is 0.846. The molecule has 0 bridgehead atoms. The van der Waals surface area contributed by atoms with Crippen molar-refractivity contribution in [3.63, 3.8) is 0 Å². The third-order valence-corrected chi connectivity index (χ3v) is 4.11. The summed E-state index contributed by atoms with van der Waals surface area (Å²) in [5.74, 6) is -1.22. The Morgan fingerprint density at radius 1 is 1.14 bits per heavy atom. The number of halogens is 3. The summed E-state index contributed by atoms with van der Waals surface area (Å²) in [4.78, 5) is 2.30. The van der Waals surface area contributed by atoms with Crippen LogP contribution in [0, 0.1) is 0 Å². The summed E-state index contributed by atoms with van der Waals surface area (Å²) in [6.07, 6.45) is -0.562. The van der Waals surface area contributed by atoms with Crippen LogP contribution in [0.15, 0.2) is 4.42 Å². The van der Waals surface area contributed by atoms with E-state index in [2.05, 4.69) is 15.1 Å². The van der Waals surface area contributed by atoms with Gasteiger partial charge in [0.2, 0.25) is 5.89 Å². The van der Waals surface area contributed by atoms with Crippen molar-refractivity contribution in [3.05, 3.63) is 11.8 Å². The maximum absolute atomic E-state index is 12.4. The molecule has 2 aliphatic heterocycles. The first kappa shape index (κ1) is 14.8. The van der Waals surface area contributed by atoms with Crippen molar-refractivity contribution in [3.8, 4) is 0 Å². The monoisotopic (exact) mass is 305 g/mol. The number of alkyl halides is 3. The lowest BCUT2D eigenvalue weighted by atomic mass is 9.96. The van der Waals surface area contributed by atoms with Crippen molar-refractivity contribution in [1.82, 2.24) is 15.1 Å². The highest BCUT2D eigenvalue weighted by Crippen LogP contribution is 2.32. The summed E-state index contributed by atoms with van der Waals surface area (Å²) < 4.78 is 47.7. The van der Waals surface area contributed by atoms with Crippen molar-refractivity contribution in [2.24, 2.45) is 0 Å². The average Bonchev–Trinajstić information content (AvgIpc) is 3.09. The van der Waals surface area contributed by atoms with Crippen molar-refractivity contribution in [2.45, 2.75) is 43.9 Å². The minimum Gasteiger partial charge on any atom is -0.417 e. The van der Waals surface area contributed by atoms with E-state index in [4.69, 9.17) is 9.15 Å². The second-order valence-corrected chi connectivity index (χ2v) is 5.65. The van der Waals surface area contributed by atoms with Crippen molar-refractivity contribution < 1.29 is 22.3 Å². The van der Waals surface area contributed by atoms with Crippen LogP contribution < -0.4 is 0 Å². The van der Waals surface area contributed by atoms with E-state index >= 15 is 0 Å². The van der Waals surface area contributed by atoms with Crippen LogP contribution in [0.25, 0.3) is 0 Å². The molecule has 0 radical (unpaired) electrons. The van der Waals surface area contributed by atoms with Crippen LogP contribution in [-0.4, -0.2) is 47.4 Å². The van der Waals surface area contributed by atoms with Gasteiger partial charge in [-0.05, 0) is 38.8 Å². The number of hydrogen-bond acceptors (Lipinski definition) is 5. The zero-order valence-corrected chi connectivity index (χ0v) is 11.6. The molecule has 3 heterocycles. The molecule has 1 aromatic heterocycles. The van der Waals surface area contributed by atoms with Crippen LogP contribution in [0.3, 0.4) is 0 Å². The fourth-order valence-electron chi connectivity index (χ4n) is 2.95. The molecule has 5 nitrogen and oxygen atoms in total. The SMILES string of the molecule is FC(F)(F)c1nnc(C2CCN(CC3CCCO3)CC2)o1. The molecule has 118 valence electrons. The van der Waals surface area contributed by atoms with Crippen LogP contribution >= 0.6 is 0 Å². The third-order valence-electron chi connectivity index (χ3n) is 4.11. The fourth-order valence-corrected chi connectivity index (χ4v) is 2.95. The van der Waals surface area contributed by atoms with Gasteiger partial charge in [-0.3, -0.25) is 0 Å². The molecule has 3 rings (SSSR count). The highest BCUT2D eigenvalue weighted by Gasteiger charge is 2.39. The van der Waals surface area contributed by atoms with Crippen LogP contribution in [0.4, 0.5) is 13.2 Å². The number of hydrogen-bond donors (Lipinski definition) is 0. The predicted molar refractivity (Wildman–Crippen MR) is 66.7 cm³/mol. The molecule has 0 spiro atoms. The van der Waals surface area contributed by atoms with Crippen LogP contribution in [0.5, 0.6) is 0 Å². The Balaban J connectivity index is 1.52. The highest BCUT2D eigenvalue weighted by molar-refractivity contribution is 4.96. The molecule has 2 aliphatic rings. The van der Waals surface area contributed by atoms with E-state index in [1.165, 1.54) is 0 Å². The maximum Gasteiger partial charge on any atom is 0.470 e. The molecule has 1 atom stereocenters. The molecule has 0 aromatic carbocycles. The summed E-state index contributed by atoms with van der Waals surface area (Å²) in [5.41, 5.74) is 0. The molecule has 0 N–H and O–H groups in total. The Labute approximate surface area is 120 Å². The topological polar surface area (TPSA) is 51.4 Å². The van der Waals surface area contributed by atoms with Gasteiger partial charge in [-0.2, -0.15) is 13.2 Å². The van der Waals surface area contributed by atoms with Gasteiger partial charge in [0, 0.05) is 19.1 Å². The molecule has 1 unspecified atom stereocenters. The Morgan fingerprint density at radius 3 is 2.48 bits per heavy atom. The molecule has 0 amide bonds. The third kappa shape index (κ3) is 3.55. The normalized spacial score (nSPS) is 25.6. The quantitative estimate of drug-likeness (QED) is 0.858. The first-order valence-electron chi connectivity index (χ1n) is 7.27. The average molecular weight is 305 g/mol. The number of rotatable bonds is 3. The molecule has 21 heavy (non-hydrogen) atoms. The van der Waals surface area contributed by atoms with Gasteiger partial charge in [-0.25, -0.2) is 0 Å². The van der Waals surface area contributed by atoms with E-state index in [1.807, 2.05) is 0 Å². The predicted octanol–water partition coefficient (Wildman–Crippen LogP) is 2.45. The van der Waals surface area contributed by atoms with Gasteiger partial charge >= 0.3 is 12.1 Å². The molecule has 0 aliphatic carbocycles. The van der Waals surface area contributed by atoms with E-state index in [1.54, 1.807) is 0 Å². The van der Waals surface area contributed by atoms with E-state index in [0.717, 1.165) is 51.9 Å². The number of aromatic nitrogens is 2.